The molecule has 0 bridgehead atoms. The number of hydrogen-bond acceptors (Lipinski definition) is 7. The molecule has 1 amide bonds. The summed E-state index contributed by atoms with van der Waals surface area (Å²) in [4.78, 5) is 24.3. The molecule has 0 unspecified atom stereocenters. The van der Waals surface area contributed by atoms with E-state index in [0.717, 1.165) is 45.6 Å². The van der Waals surface area contributed by atoms with Crippen LogP contribution in [0.3, 0.4) is 0 Å². The van der Waals surface area contributed by atoms with Crippen molar-refractivity contribution in [3.05, 3.63) is 96.5 Å². The highest BCUT2D eigenvalue weighted by Gasteiger charge is 2.21. The summed E-state index contributed by atoms with van der Waals surface area (Å²) in [6, 6.07) is 18.9. The number of carbonyl (C=O) groups excluding carboxylic acids is 1. The largest absolute Gasteiger partial charge is 0.344 e. The number of anilines is 2. The third-order valence-corrected chi connectivity index (χ3v) is 6.36. The highest BCUT2D eigenvalue weighted by atomic mass is 16.5. The van der Waals surface area contributed by atoms with E-state index in [4.69, 9.17) is 5.21 Å². The maximum atomic E-state index is 11.4. The molecule has 0 aliphatic carbocycles. The van der Waals surface area contributed by atoms with Crippen molar-refractivity contribution in [2.75, 3.05) is 29.4 Å². The number of carbonyl (C=O) groups is 1. The first-order valence-electron chi connectivity index (χ1n) is 11.9. The Morgan fingerprint density at radius 3 is 2.46 bits per heavy atom. The first-order valence-corrected chi connectivity index (χ1v) is 11.9. The zero-order chi connectivity index (χ0) is 24.5. The number of nitrogens with one attached hydrogen (secondary N) is 2. The first kappa shape index (κ1) is 24.4. The van der Waals surface area contributed by atoms with Crippen molar-refractivity contribution in [1.29, 1.82) is 0 Å². The standard InChI is InChI=1S/C27H32N6O2/c1-2-32(20-22-8-4-3-5-9-22)25-11-7-6-10-23(25)17-28-16-21-12-14-33(15-13-21)27-29-18-24(19-30-27)26(34)31-35/h2-11,18-19,21,28,35H,1,12-17,20H2,(H,31,34). The first-order chi connectivity index (χ1) is 17.2. The molecule has 2 heterocycles. The van der Waals surface area contributed by atoms with Crippen LogP contribution < -0.4 is 20.6 Å². The third-order valence-electron chi connectivity index (χ3n) is 6.36. The van der Waals surface area contributed by atoms with Crippen molar-refractivity contribution >= 4 is 17.5 Å². The van der Waals surface area contributed by atoms with E-state index in [2.05, 4.69) is 80.2 Å². The zero-order valence-electron chi connectivity index (χ0n) is 19.8. The molecule has 182 valence electrons. The van der Waals surface area contributed by atoms with Gasteiger partial charge in [0.15, 0.2) is 0 Å². The van der Waals surface area contributed by atoms with Gasteiger partial charge in [-0.2, -0.15) is 0 Å². The number of hydroxylamine groups is 1. The Balaban J connectivity index is 1.27. The molecule has 3 N–H and O–H groups in total. The predicted molar refractivity (Wildman–Crippen MR) is 137 cm³/mol. The van der Waals surface area contributed by atoms with E-state index in [1.54, 1.807) is 5.48 Å². The summed E-state index contributed by atoms with van der Waals surface area (Å²) in [7, 11) is 0. The van der Waals surface area contributed by atoms with Gasteiger partial charge >= 0.3 is 0 Å². The van der Waals surface area contributed by atoms with Gasteiger partial charge in [0.25, 0.3) is 5.91 Å². The summed E-state index contributed by atoms with van der Waals surface area (Å²) in [5.41, 5.74) is 5.49. The van der Waals surface area contributed by atoms with Gasteiger partial charge in [0.1, 0.15) is 0 Å². The summed E-state index contributed by atoms with van der Waals surface area (Å²) in [6.07, 6.45) is 6.85. The monoisotopic (exact) mass is 472 g/mol. The fourth-order valence-corrected chi connectivity index (χ4v) is 4.38. The Morgan fingerprint density at radius 2 is 1.77 bits per heavy atom. The normalized spacial score (nSPS) is 13.9. The van der Waals surface area contributed by atoms with Gasteiger partial charge in [-0.05, 0) is 48.7 Å². The van der Waals surface area contributed by atoms with E-state index < -0.39 is 5.91 Å². The lowest BCUT2D eigenvalue weighted by Gasteiger charge is -2.32. The van der Waals surface area contributed by atoms with Crippen molar-refractivity contribution in [3.63, 3.8) is 0 Å². The number of para-hydroxylation sites is 1. The Morgan fingerprint density at radius 1 is 1.09 bits per heavy atom. The Labute approximate surface area is 206 Å². The fraction of sp³-hybridized carbons (Fsp3) is 0.296. The predicted octanol–water partition coefficient (Wildman–Crippen LogP) is 3.75. The van der Waals surface area contributed by atoms with Crippen molar-refractivity contribution in [2.24, 2.45) is 5.92 Å². The topological polar surface area (TPSA) is 93.6 Å². The SMILES string of the molecule is C=CN(Cc1ccccc1)c1ccccc1CNCC1CCN(c2ncc(C(=O)NO)cn2)CC1. The van der Waals surface area contributed by atoms with Gasteiger partial charge in [-0.3, -0.25) is 10.0 Å². The minimum absolute atomic E-state index is 0.231. The number of hydrogen-bond donors (Lipinski definition) is 3. The summed E-state index contributed by atoms with van der Waals surface area (Å²) >= 11 is 0. The Kier molecular flexibility index (Phi) is 8.43. The number of amides is 1. The molecular formula is C27H32N6O2. The molecule has 0 radical (unpaired) electrons. The average Bonchev–Trinajstić information content (AvgIpc) is 2.93. The van der Waals surface area contributed by atoms with Crippen molar-refractivity contribution in [3.8, 4) is 0 Å². The second kappa shape index (κ2) is 12.1. The summed E-state index contributed by atoms with van der Waals surface area (Å²) in [5, 5.41) is 12.4. The summed E-state index contributed by atoms with van der Waals surface area (Å²) in [5.74, 6) is 0.583. The number of nitrogens with zero attached hydrogens (tertiary/aromatic N) is 4. The maximum Gasteiger partial charge on any atom is 0.277 e. The molecule has 1 aliphatic rings. The van der Waals surface area contributed by atoms with Crippen LogP contribution in [0, 0.1) is 5.92 Å². The average molecular weight is 473 g/mol. The molecule has 3 aromatic rings. The molecule has 35 heavy (non-hydrogen) atoms. The van der Waals surface area contributed by atoms with E-state index in [0.29, 0.717) is 11.9 Å². The van der Waals surface area contributed by atoms with Gasteiger partial charge < -0.3 is 15.1 Å². The minimum Gasteiger partial charge on any atom is -0.344 e. The van der Waals surface area contributed by atoms with E-state index in [1.807, 2.05) is 12.3 Å². The van der Waals surface area contributed by atoms with Gasteiger partial charge in [0.2, 0.25) is 5.95 Å². The highest BCUT2D eigenvalue weighted by Crippen LogP contribution is 2.24. The number of aromatic nitrogens is 2. The molecule has 0 atom stereocenters. The van der Waals surface area contributed by atoms with Crippen LogP contribution in [0.2, 0.25) is 0 Å². The van der Waals surface area contributed by atoms with Gasteiger partial charge in [-0.1, -0.05) is 55.1 Å². The molecule has 4 rings (SSSR count). The van der Waals surface area contributed by atoms with Gasteiger partial charge in [0.05, 0.1) is 5.56 Å². The van der Waals surface area contributed by atoms with Crippen molar-refractivity contribution in [1.82, 2.24) is 20.8 Å². The van der Waals surface area contributed by atoms with Crippen LogP contribution >= 0.6 is 0 Å². The molecule has 2 aromatic carbocycles. The molecule has 0 saturated carbocycles. The Hall–Kier alpha value is -3.75. The quantitative estimate of drug-likeness (QED) is 0.306. The van der Waals surface area contributed by atoms with Crippen molar-refractivity contribution < 1.29 is 10.0 Å². The van der Waals surface area contributed by atoms with E-state index >= 15 is 0 Å². The lowest BCUT2D eigenvalue weighted by molar-refractivity contribution is 0.0705. The van der Waals surface area contributed by atoms with E-state index in [-0.39, 0.29) is 5.56 Å². The molecule has 8 nitrogen and oxygen atoms in total. The molecule has 1 aliphatic heterocycles. The summed E-state index contributed by atoms with van der Waals surface area (Å²) in [6.45, 7) is 8.31. The van der Waals surface area contributed by atoms with Crippen LogP contribution in [0.15, 0.2) is 79.8 Å². The Bertz CT molecular complexity index is 1100. The molecule has 1 saturated heterocycles. The molecule has 1 fully saturated rings. The van der Waals surface area contributed by atoms with E-state index in [1.165, 1.54) is 29.2 Å². The van der Waals surface area contributed by atoms with Crippen LogP contribution in [-0.4, -0.2) is 40.7 Å². The fourth-order valence-electron chi connectivity index (χ4n) is 4.38. The summed E-state index contributed by atoms with van der Waals surface area (Å²) < 4.78 is 0. The van der Waals surface area contributed by atoms with Crippen LogP contribution in [0.1, 0.15) is 34.3 Å². The van der Waals surface area contributed by atoms with Crippen molar-refractivity contribution in [2.45, 2.75) is 25.9 Å². The molecular weight excluding hydrogens is 440 g/mol. The molecule has 0 spiro atoms. The smallest absolute Gasteiger partial charge is 0.277 e. The second-order valence-electron chi connectivity index (χ2n) is 8.70. The molecule has 8 heteroatoms. The number of benzene rings is 2. The number of rotatable bonds is 10. The number of piperidine rings is 1. The lowest BCUT2D eigenvalue weighted by Crippen LogP contribution is -2.38. The minimum atomic E-state index is -0.612. The molecule has 1 aromatic heterocycles. The zero-order valence-corrected chi connectivity index (χ0v) is 19.8. The third kappa shape index (κ3) is 6.44. The van der Waals surface area contributed by atoms with Crippen LogP contribution in [0.25, 0.3) is 0 Å². The lowest BCUT2D eigenvalue weighted by atomic mass is 9.97. The van der Waals surface area contributed by atoms with Gasteiger partial charge in [-0.15, -0.1) is 0 Å². The van der Waals surface area contributed by atoms with Gasteiger partial charge in [-0.25, -0.2) is 15.4 Å². The van der Waals surface area contributed by atoms with Crippen LogP contribution in [0.5, 0.6) is 0 Å². The second-order valence-corrected chi connectivity index (χ2v) is 8.70. The van der Waals surface area contributed by atoms with Gasteiger partial charge in [0, 0.05) is 44.3 Å². The van der Waals surface area contributed by atoms with E-state index in [9.17, 15) is 4.79 Å². The highest BCUT2D eigenvalue weighted by molar-refractivity contribution is 5.92. The maximum absolute atomic E-state index is 11.4. The van der Waals surface area contributed by atoms with Crippen LogP contribution in [-0.2, 0) is 13.1 Å². The van der Waals surface area contributed by atoms with Crippen LogP contribution in [0.4, 0.5) is 11.6 Å².